The lowest BCUT2D eigenvalue weighted by molar-refractivity contribution is -0.121. The summed E-state index contributed by atoms with van der Waals surface area (Å²) in [5.41, 5.74) is 3.24. The minimum Gasteiger partial charge on any atom is -0.454 e. The first-order valence-electron chi connectivity index (χ1n) is 7.96. The van der Waals surface area contributed by atoms with Crippen molar-refractivity contribution >= 4 is 5.91 Å². The maximum atomic E-state index is 12.0. The highest BCUT2D eigenvalue weighted by Crippen LogP contribution is 2.32. The van der Waals surface area contributed by atoms with Gasteiger partial charge in [0.1, 0.15) is 0 Å². The molecular formula is C19H21NO4. The van der Waals surface area contributed by atoms with Gasteiger partial charge in [-0.05, 0) is 35.2 Å². The van der Waals surface area contributed by atoms with Crippen LogP contribution in [0.25, 0.3) is 0 Å². The van der Waals surface area contributed by atoms with Crippen molar-refractivity contribution in [3.63, 3.8) is 0 Å². The van der Waals surface area contributed by atoms with E-state index in [4.69, 9.17) is 14.2 Å². The fourth-order valence-electron chi connectivity index (χ4n) is 2.64. The van der Waals surface area contributed by atoms with Gasteiger partial charge in [0.25, 0.3) is 0 Å². The van der Waals surface area contributed by atoms with Crippen LogP contribution in [0.5, 0.6) is 11.5 Å². The van der Waals surface area contributed by atoms with Crippen molar-refractivity contribution in [1.29, 1.82) is 0 Å². The molecular weight excluding hydrogens is 306 g/mol. The van der Waals surface area contributed by atoms with Crippen molar-refractivity contribution < 1.29 is 19.0 Å². The second-order valence-corrected chi connectivity index (χ2v) is 5.72. The van der Waals surface area contributed by atoms with E-state index in [1.807, 2.05) is 42.5 Å². The monoisotopic (exact) mass is 327 g/mol. The number of amides is 1. The first-order valence-corrected chi connectivity index (χ1v) is 7.96. The quantitative estimate of drug-likeness (QED) is 0.849. The zero-order chi connectivity index (χ0) is 16.8. The van der Waals surface area contributed by atoms with Crippen LogP contribution in [0.1, 0.15) is 23.1 Å². The van der Waals surface area contributed by atoms with Crippen molar-refractivity contribution in [2.75, 3.05) is 13.9 Å². The van der Waals surface area contributed by atoms with Crippen molar-refractivity contribution in [2.24, 2.45) is 0 Å². The van der Waals surface area contributed by atoms with E-state index in [0.717, 1.165) is 28.2 Å². The number of fused-ring (bicyclic) bond motifs is 1. The molecule has 24 heavy (non-hydrogen) atoms. The topological polar surface area (TPSA) is 56.8 Å². The summed E-state index contributed by atoms with van der Waals surface area (Å²) in [6.45, 7) is 1.37. The highest BCUT2D eigenvalue weighted by molar-refractivity contribution is 5.76. The van der Waals surface area contributed by atoms with E-state index < -0.39 is 0 Å². The Morgan fingerprint density at radius 3 is 2.79 bits per heavy atom. The van der Waals surface area contributed by atoms with Gasteiger partial charge in [0.05, 0.1) is 6.61 Å². The van der Waals surface area contributed by atoms with Crippen LogP contribution in [-0.2, 0) is 29.1 Å². The SMILES string of the molecule is COCc1cccc(CNC(=O)CCc2ccc3c(c2)OCO3)c1. The molecule has 0 spiro atoms. The smallest absolute Gasteiger partial charge is 0.231 e. The van der Waals surface area contributed by atoms with Crippen LogP contribution in [0, 0.1) is 0 Å². The molecule has 0 saturated carbocycles. The Morgan fingerprint density at radius 1 is 1.08 bits per heavy atom. The third-order valence-electron chi connectivity index (χ3n) is 3.87. The molecule has 1 amide bonds. The summed E-state index contributed by atoms with van der Waals surface area (Å²) in [4.78, 5) is 12.0. The number of rotatable bonds is 7. The summed E-state index contributed by atoms with van der Waals surface area (Å²) in [5, 5.41) is 2.96. The van der Waals surface area contributed by atoms with Crippen molar-refractivity contribution in [2.45, 2.75) is 26.0 Å². The summed E-state index contributed by atoms with van der Waals surface area (Å²) < 4.78 is 15.8. The van der Waals surface area contributed by atoms with E-state index in [1.54, 1.807) is 7.11 Å². The van der Waals surface area contributed by atoms with Crippen molar-refractivity contribution in [1.82, 2.24) is 5.32 Å². The average Bonchev–Trinajstić information content (AvgIpc) is 3.06. The Labute approximate surface area is 141 Å². The lowest BCUT2D eigenvalue weighted by Crippen LogP contribution is -2.23. The molecule has 5 heteroatoms. The highest BCUT2D eigenvalue weighted by atomic mass is 16.7. The molecule has 0 bridgehead atoms. The number of hydrogen-bond acceptors (Lipinski definition) is 4. The minimum absolute atomic E-state index is 0.0322. The van der Waals surface area contributed by atoms with Crippen LogP contribution in [0.4, 0.5) is 0 Å². The summed E-state index contributed by atoms with van der Waals surface area (Å²) in [5.74, 6) is 1.55. The molecule has 2 aromatic carbocycles. The molecule has 0 fully saturated rings. The maximum absolute atomic E-state index is 12.0. The van der Waals surface area contributed by atoms with E-state index in [2.05, 4.69) is 5.32 Å². The number of methoxy groups -OCH3 is 1. The Bertz CT molecular complexity index is 714. The van der Waals surface area contributed by atoms with Gasteiger partial charge in [-0.2, -0.15) is 0 Å². The number of benzene rings is 2. The number of ether oxygens (including phenoxy) is 3. The lowest BCUT2D eigenvalue weighted by Gasteiger charge is -2.08. The number of nitrogens with one attached hydrogen (secondary N) is 1. The summed E-state index contributed by atoms with van der Waals surface area (Å²) >= 11 is 0. The summed E-state index contributed by atoms with van der Waals surface area (Å²) in [6.07, 6.45) is 1.11. The standard InChI is InChI=1S/C19H21NO4/c1-22-12-16-4-2-3-15(9-16)11-20-19(21)8-6-14-5-7-17-18(10-14)24-13-23-17/h2-5,7,9-10H,6,8,11-13H2,1H3,(H,20,21). The van der Waals surface area contributed by atoms with E-state index in [9.17, 15) is 4.79 Å². The van der Waals surface area contributed by atoms with E-state index >= 15 is 0 Å². The second-order valence-electron chi connectivity index (χ2n) is 5.72. The zero-order valence-electron chi connectivity index (χ0n) is 13.7. The predicted molar refractivity (Wildman–Crippen MR) is 89.9 cm³/mol. The van der Waals surface area contributed by atoms with Crippen LogP contribution in [0.15, 0.2) is 42.5 Å². The number of hydrogen-bond donors (Lipinski definition) is 1. The van der Waals surface area contributed by atoms with Gasteiger partial charge in [-0.1, -0.05) is 30.3 Å². The molecule has 5 nitrogen and oxygen atoms in total. The zero-order valence-corrected chi connectivity index (χ0v) is 13.7. The van der Waals surface area contributed by atoms with Gasteiger partial charge in [0.2, 0.25) is 12.7 Å². The molecule has 1 aliphatic heterocycles. The van der Waals surface area contributed by atoms with Crippen LogP contribution in [-0.4, -0.2) is 19.8 Å². The Kier molecular flexibility index (Phi) is 5.33. The van der Waals surface area contributed by atoms with Gasteiger partial charge in [-0.25, -0.2) is 0 Å². The van der Waals surface area contributed by atoms with Crippen LogP contribution >= 0.6 is 0 Å². The largest absolute Gasteiger partial charge is 0.454 e. The number of carbonyl (C=O) groups is 1. The van der Waals surface area contributed by atoms with Gasteiger partial charge in [0.15, 0.2) is 11.5 Å². The number of carbonyl (C=O) groups excluding carboxylic acids is 1. The van der Waals surface area contributed by atoms with Crippen LogP contribution < -0.4 is 14.8 Å². The van der Waals surface area contributed by atoms with Gasteiger partial charge >= 0.3 is 0 Å². The average molecular weight is 327 g/mol. The second kappa shape index (κ2) is 7.84. The summed E-state index contributed by atoms with van der Waals surface area (Å²) in [6, 6.07) is 13.8. The molecule has 1 aliphatic rings. The van der Waals surface area contributed by atoms with E-state index in [0.29, 0.717) is 26.0 Å². The lowest BCUT2D eigenvalue weighted by atomic mass is 10.1. The number of aryl methyl sites for hydroxylation is 1. The van der Waals surface area contributed by atoms with Gasteiger partial charge in [-0.3, -0.25) is 4.79 Å². The third-order valence-corrected chi connectivity index (χ3v) is 3.87. The van der Waals surface area contributed by atoms with Gasteiger partial charge in [0, 0.05) is 20.1 Å². The van der Waals surface area contributed by atoms with Crippen LogP contribution in [0.2, 0.25) is 0 Å². The first-order chi connectivity index (χ1) is 11.7. The molecule has 1 N–H and O–H groups in total. The Balaban J connectivity index is 1.46. The summed E-state index contributed by atoms with van der Waals surface area (Å²) in [7, 11) is 1.67. The first kappa shape index (κ1) is 16.3. The molecule has 1 heterocycles. The fourth-order valence-corrected chi connectivity index (χ4v) is 2.64. The molecule has 0 radical (unpaired) electrons. The molecule has 0 aliphatic carbocycles. The third kappa shape index (κ3) is 4.26. The maximum Gasteiger partial charge on any atom is 0.231 e. The van der Waals surface area contributed by atoms with Gasteiger partial charge in [-0.15, -0.1) is 0 Å². The van der Waals surface area contributed by atoms with E-state index in [1.165, 1.54) is 0 Å². The fraction of sp³-hybridized carbons (Fsp3) is 0.316. The Morgan fingerprint density at radius 2 is 1.92 bits per heavy atom. The minimum atomic E-state index is 0.0322. The Hall–Kier alpha value is -2.53. The normalized spacial score (nSPS) is 12.2. The molecule has 0 atom stereocenters. The van der Waals surface area contributed by atoms with E-state index in [-0.39, 0.29) is 12.7 Å². The molecule has 126 valence electrons. The van der Waals surface area contributed by atoms with Crippen molar-refractivity contribution in [3.05, 3.63) is 59.2 Å². The van der Waals surface area contributed by atoms with Crippen molar-refractivity contribution in [3.8, 4) is 11.5 Å². The molecule has 0 aromatic heterocycles. The highest BCUT2D eigenvalue weighted by Gasteiger charge is 2.13. The molecule has 2 aromatic rings. The molecule has 0 saturated heterocycles. The predicted octanol–water partition coefficient (Wildman–Crippen LogP) is 2.81. The van der Waals surface area contributed by atoms with Crippen LogP contribution in [0.3, 0.4) is 0 Å². The molecule has 3 rings (SSSR count). The van der Waals surface area contributed by atoms with Gasteiger partial charge < -0.3 is 19.5 Å². The molecule has 0 unspecified atom stereocenters.